The van der Waals surface area contributed by atoms with Gasteiger partial charge in [-0.2, -0.15) is 4.98 Å². The lowest BCUT2D eigenvalue weighted by atomic mass is 10.0. The van der Waals surface area contributed by atoms with E-state index in [1.165, 1.54) is 4.90 Å². The number of aryl methyl sites for hydroxylation is 1. The Kier molecular flexibility index (Phi) is 7.40. The van der Waals surface area contributed by atoms with Crippen LogP contribution >= 0.6 is 0 Å². The molecule has 2 saturated heterocycles. The van der Waals surface area contributed by atoms with Gasteiger partial charge in [0.1, 0.15) is 12.1 Å². The lowest BCUT2D eigenvalue weighted by Gasteiger charge is -2.43. The Morgan fingerprint density at radius 1 is 1.19 bits per heavy atom. The van der Waals surface area contributed by atoms with Gasteiger partial charge < -0.3 is 19.1 Å². The highest BCUT2D eigenvalue weighted by Gasteiger charge is 2.36. The molecular weight excluding hydrogens is 414 g/mol. The van der Waals surface area contributed by atoms with Crippen molar-refractivity contribution in [2.45, 2.75) is 77.9 Å². The Morgan fingerprint density at radius 2 is 1.94 bits per heavy atom. The first-order valence-electron chi connectivity index (χ1n) is 11.4. The number of amides is 3. The highest BCUT2D eigenvalue weighted by molar-refractivity contribution is 5.84. The van der Waals surface area contributed by atoms with E-state index in [-0.39, 0.29) is 30.3 Å². The van der Waals surface area contributed by atoms with E-state index in [2.05, 4.69) is 10.1 Å². The molecule has 32 heavy (non-hydrogen) atoms. The van der Waals surface area contributed by atoms with Crippen molar-refractivity contribution in [1.82, 2.24) is 24.8 Å². The van der Waals surface area contributed by atoms with Crippen LogP contribution < -0.4 is 0 Å². The average molecular weight is 450 g/mol. The van der Waals surface area contributed by atoms with Gasteiger partial charge in [-0.05, 0) is 33.6 Å². The Balaban J connectivity index is 1.50. The topological polar surface area (TPSA) is 109 Å². The summed E-state index contributed by atoms with van der Waals surface area (Å²) in [5.74, 6) is 1.23. The van der Waals surface area contributed by atoms with Crippen molar-refractivity contribution in [3.8, 4) is 0 Å². The number of hydrogen-bond acceptors (Lipinski definition) is 7. The van der Waals surface area contributed by atoms with Gasteiger partial charge in [0.2, 0.25) is 17.7 Å². The van der Waals surface area contributed by atoms with Crippen LogP contribution in [0.2, 0.25) is 0 Å². The summed E-state index contributed by atoms with van der Waals surface area (Å²) >= 11 is 0. The van der Waals surface area contributed by atoms with E-state index >= 15 is 0 Å². The molecule has 0 saturated carbocycles. The van der Waals surface area contributed by atoms with Crippen LogP contribution in [0.15, 0.2) is 4.52 Å². The van der Waals surface area contributed by atoms with Crippen molar-refractivity contribution in [3.63, 3.8) is 0 Å². The standard InChI is InChI=1S/C22H35N5O5/c1-15(2)20-23-17(32-24-20)8-9-18(28)25-10-6-7-16(13-25)27-12-11-26(14-19(27)29)21(30)31-22(3,4)5/h15-16H,6-14H2,1-5H3. The van der Waals surface area contributed by atoms with Crippen molar-refractivity contribution in [2.75, 3.05) is 32.7 Å². The van der Waals surface area contributed by atoms with Gasteiger partial charge in [0.25, 0.3) is 0 Å². The second-order valence-electron chi connectivity index (χ2n) is 9.83. The van der Waals surface area contributed by atoms with Gasteiger partial charge in [-0.3, -0.25) is 14.5 Å². The molecule has 1 aromatic rings. The Bertz CT molecular complexity index is 831. The molecule has 3 heterocycles. The molecule has 2 fully saturated rings. The molecule has 0 spiro atoms. The maximum absolute atomic E-state index is 12.8. The number of ether oxygens (including phenoxy) is 1. The number of carbonyl (C=O) groups is 3. The van der Waals surface area contributed by atoms with Gasteiger partial charge in [-0.1, -0.05) is 19.0 Å². The van der Waals surface area contributed by atoms with E-state index in [4.69, 9.17) is 9.26 Å². The molecule has 10 heteroatoms. The van der Waals surface area contributed by atoms with Crippen molar-refractivity contribution >= 4 is 17.9 Å². The molecule has 3 rings (SSSR count). The molecule has 1 aromatic heterocycles. The number of aromatic nitrogens is 2. The normalized spacial score (nSPS) is 20.1. The highest BCUT2D eigenvalue weighted by atomic mass is 16.6. The summed E-state index contributed by atoms with van der Waals surface area (Å²) in [6, 6.07) is -0.0306. The Hall–Kier alpha value is -2.65. The van der Waals surface area contributed by atoms with Gasteiger partial charge in [0, 0.05) is 51.0 Å². The summed E-state index contributed by atoms with van der Waals surface area (Å²) in [6.07, 6.45) is 1.94. The van der Waals surface area contributed by atoms with Crippen LogP contribution in [0.5, 0.6) is 0 Å². The Morgan fingerprint density at radius 3 is 2.56 bits per heavy atom. The van der Waals surface area contributed by atoms with Gasteiger partial charge in [0.05, 0.1) is 0 Å². The maximum Gasteiger partial charge on any atom is 0.410 e. The summed E-state index contributed by atoms with van der Waals surface area (Å²) in [6.45, 7) is 11.5. The monoisotopic (exact) mass is 449 g/mol. The van der Waals surface area contributed by atoms with E-state index in [0.717, 1.165) is 12.8 Å². The third-order valence-electron chi connectivity index (χ3n) is 5.65. The lowest BCUT2D eigenvalue weighted by Crippen LogP contribution is -2.59. The second kappa shape index (κ2) is 9.87. The fourth-order valence-corrected chi connectivity index (χ4v) is 3.97. The number of nitrogens with zero attached hydrogens (tertiary/aromatic N) is 5. The molecule has 2 aliphatic rings. The number of rotatable bonds is 5. The average Bonchev–Trinajstić information content (AvgIpc) is 3.20. The zero-order valence-electron chi connectivity index (χ0n) is 19.8. The summed E-state index contributed by atoms with van der Waals surface area (Å²) in [4.78, 5) is 47.2. The minimum Gasteiger partial charge on any atom is -0.444 e. The molecule has 1 atom stereocenters. The lowest BCUT2D eigenvalue weighted by molar-refractivity contribution is -0.143. The van der Waals surface area contributed by atoms with Crippen LogP contribution in [0.25, 0.3) is 0 Å². The molecule has 2 aliphatic heterocycles. The van der Waals surface area contributed by atoms with Crippen molar-refractivity contribution in [1.29, 1.82) is 0 Å². The molecule has 0 radical (unpaired) electrons. The zero-order chi connectivity index (χ0) is 23.5. The van der Waals surface area contributed by atoms with E-state index in [0.29, 0.717) is 50.7 Å². The van der Waals surface area contributed by atoms with E-state index in [9.17, 15) is 14.4 Å². The third-order valence-corrected chi connectivity index (χ3v) is 5.65. The van der Waals surface area contributed by atoms with Gasteiger partial charge in [-0.15, -0.1) is 0 Å². The second-order valence-corrected chi connectivity index (χ2v) is 9.83. The van der Waals surface area contributed by atoms with Crippen molar-refractivity contribution in [2.24, 2.45) is 0 Å². The van der Waals surface area contributed by atoms with Crippen LogP contribution in [-0.4, -0.2) is 87.1 Å². The van der Waals surface area contributed by atoms with Crippen molar-refractivity contribution < 1.29 is 23.6 Å². The fraction of sp³-hybridized carbons (Fsp3) is 0.773. The molecule has 178 valence electrons. The van der Waals surface area contributed by atoms with Gasteiger partial charge >= 0.3 is 6.09 Å². The minimum absolute atomic E-state index is 0.00864. The summed E-state index contributed by atoms with van der Waals surface area (Å²) in [5, 5.41) is 3.93. The van der Waals surface area contributed by atoms with E-state index in [1.54, 1.807) is 20.8 Å². The number of likely N-dealkylation sites (tertiary alicyclic amines) is 1. The quantitative estimate of drug-likeness (QED) is 0.678. The summed E-state index contributed by atoms with van der Waals surface area (Å²) in [7, 11) is 0. The van der Waals surface area contributed by atoms with Gasteiger partial charge in [-0.25, -0.2) is 4.79 Å². The number of piperidine rings is 1. The van der Waals surface area contributed by atoms with E-state index < -0.39 is 11.7 Å². The first kappa shape index (κ1) is 24.0. The molecule has 10 nitrogen and oxygen atoms in total. The molecular formula is C22H35N5O5. The zero-order valence-corrected chi connectivity index (χ0v) is 19.8. The molecule has 1 unspecified atom stereocenters. The number of hydrogen-bond donors (Lipinski definition) is 0. The predicted molar refractivity (Wildman–Crippen MR) is 116 cm³/mol. The molecule has 0 aliphatic carbocycles. The largest absolute Gasteiger partial charge is 0.444 e. The SMILES string of the molecule is CC(C)c1noc(CCC(=O)N2CCCC(N3CCN(C(=O)OC(C)(C)C)CC3=O)C2)n1. The molecule has 3 amide bonds. The number of carbonyl (C=O) groups excluding carboxylic acids is 3. The smallest absolute Gasteiger partial charge is 0.410 e. The number of piperazine rings is 1. The summed E-state index contributed by atoms with van der Waals surface area (Å²) in [5.41, 5.74) is -0.598. The van der Waals surface area contributed by atoms with Crippen LogP contribution in [0.4, 0.5) is 4.79 Å². The van der Waals surface area contributed by atoms with E-state index in [1.807, 2.05) is 23.6 Å². The molecule has 0 bridgehead atoms. The van der Waals surface area contributed by atoms with Crippen LogP contribution in [0, 0.1) is 0 Å². The Labute approximate surface area is 189 Å². The van der Waals surface area contributed by atoms with Crippen LogP contribution in [-0.2, 0) is 20.7 Å². The predicted octanol–water partition coefficient (Wildman–Crippen LogP) is 2.20. The first-order chi connectivity index (χ1) is 15.0. The maximum atomic E-state index is 12.8. The van der Waals surface area contributed by atoms with Crippen LogP contribution in [0.1, 0.15) is 71.5 Å². The molecule has 0 aromatic carbocycles. The first-order valence-corrected chi connectivity index (χ1v) is 11.4. The van der Waals surface area contributed by atoms with Gasteiger partial charge in [0.15, 0.2) is 5.82 Å². The fourth-order valence-electron chi connectivity index (χ4n) is 3.97. The minimum atomic E-state index is -0.598. The highest BCUT2D eigenvalue weighted by Crippen LogP contribution is 2.21. The summed E-state index contributed by atoms with van der Waals surface area (Å²) < 4.78 is 10.6. The molecule has 0 N–H and O–H groups in total. The van der Waals surface area contributed by atoms with Crippen molar-refractivity contribution in [3.05, 3.63) is 11.7 Å². The third kappa shape index (κ3) is 6.20. The van der Waals surface area contributed by atoms with Crippen LogP contribution in [0.3, 0.4) is 0 Å².